The van der Waals surface area contributed by atoms with Gasteiger partial charge in [-0.3, -0.25) is 15.0 Å². The summed E-state index contributed by atoms with van der Waals surface area (Å²) in [5.41, 5.74) is 13.2. The Balaban J connectivity index is 0.000000121. The van der Waals surface area contributed by atoms with Gasteiger partial charge in [-0.25, -0.2) is 0 Å². The molecule has 6 aromatic carbocycles. The molecule has 0 saturated heterocycles. The molecule has 0 spiro atoms. The molecule has 3 nitrogen and oxygen atoms in total. The van der Waals surface area contributed by atoms with Crippen LogP contribution in [-0.4, -0.2) is 15.7 Å². The number of allylic oxidation sites excluding steroid dienone is 1. The zero-order valence-electron chi connectivity index (χ0n) is 29.9. The minimum Gasteiger partial charge on any atom is -0.256 e. The first kappa shape index (κ1) is 34.0. The maximum absolute atomic E-state index is 4.63. The fourth-order valence-corrected chi connectivity index (χ4v) is 6.70. The van der Waals surface area contributed by atoms with Crippen molar-refractivity contribution in [2.75, 3.05) is 0 Å². The SMILES string of the molecule is Cc1ccccc1-c1nccc2ccccc12.Cc1ccccc1-c1nccc2ccccc12.Cc1ccccc1C1=NC=CCc2ccccc21. The molecule has 3 heteroatoms. The molecular weight excluding hydrogens is 631 g/mol. The highest BCUT2D eigenvalue weighted by molar-refractivity contribution is 6.15. The largest absolute Gasteiger partial charge is 0.256 e. The number of aliphatic imine (C=N–C) groups is 1. The molecule has 0 fully saturated rings. The molecule has 9 rings (SSSR count). The highest BCUT2D eigenvalue weighted by Crippen LogP contribution is 2.30. The van der Waals surface area contributed by atoms with E-state index in [-0.39, 0.29) is 0 Å². The van der Waals surface area contributed by atoms with Crippen molar-refractivity contribution in [3.05, 3.63) is 216 Å². The van der Waals surface area contributed by atoms with E-state index in [1.165, 1.54) is 66.1 Å². The van der Waals surface area contributed by atoms with E-state index in [4.69, 9.17) is 0 Å². The van der Waals surface area contributed by atoms with Crippen LogP contribution in [0.1, 0.15) is 33.4 Å². The molecule has 252 valence electrons. The summed E-state index contributed by atoms with van der Waals surface area (Å²) < 4.78 is 0. The highest BCUT2D eigenvalue weighted by atomic mass is 14.7. The normalized spacial score (nSPS) is 11.7. The second kappa shape index (κ2) is 16.1. The fraction of sp³-hybridized carbons (Fsp3) is 0.0816. The van der Waals surface area contributed by atoms with E-state index in [0.29, 0.717) is 0 Å². The molecule has 0 radical (unpaired) electrons. The number of aromatic nitrogens is 2. The molecule has 0 saturated carbocycles. The zero-order valence-corrected chi connectivity index (χ0v) is 29.9. The van der Waals surface area contributed by atoms with Crippen LogP contribution < -0.4 is 0 Å². The molecule has 1 aliphatic rings. The van der Waals surface area contributed by atoms with Gasteiger partial charge in [-0.2, -0.15) is 0 Å². The molecule has 0 unspecified atom stereocenters. The first-order valence-corrected chi connectivity index (χ1v) is 17.7. The van der Waals surface area contributed by atoms with Gasteiger partial charge in [0.05, 0.1) is 17.1 Å². The molecule has 0 amide bonds. The maximum Gasteiger partial charge on any atom is 0.0782 e. The average Bonchev–Trinajstić information content (AvgIpc) is 3.41. The lowest BCUT2D eigenvalue weighted by molar-refractivity contribution is 1.26. The minimum absolute atomic E-state index is 0.953. The molecule has 0 N–H and O–H groups in total. The zero-order chi connectivity index (χ0) is 35.7. The van der Waals surface area contributed by atoms with Crippen LogP contribution in [0.3, 0.4) is 0 Å². The molecule has 1 aliphatic heterocycles. The fourth-order valence-electron chi connectivity index (χ4n) is 6.70. The van der Waals surface area contributed by atoms with Crippen molar-refractivity contribution in [3.63, 3.8) is 0 Å². The van der Waals surface area contributed by atoms with Gasteiger partial charge in [0.1, 0.15) is 0 Å². The van der Waals surface area contributed by atoms with Gasteiger partial charge in [0.2, 0.25) is 0 Å². The monoisotopic (exact) mass is 671 g/mol. The van der Waals surface area contributed by atoms with Gasteiger partial charge in [-0.1, -0.05) is 152 Å². The third-order valence-corrected chi connectivity index (χ3v) is 9.47. The molecule has 52 heavy (non-hydrogen) atoms. The Kier molecular flexibility index (Phi) is 10.5. The number of rotatable bonds is 3. The summed E-state index contributed by atoms with van der Waals surface area (Å²) in [4.78, 5) is 13.7. The number of aryl methyl sites for hydroxylation is 3. The lowest BCUT2D eigenvalue weighted by Crippen LogP contribution is -2.07. The molecule has 0 bridgehead atoms. The van der Waals surface area contributed by atoms with E-state index < -0.39 is 0 Å². The van der Waals surface area contributed by atoms with Crippen molar-refractivity contribution < 1.29 is 0 Å². The number of nitrogens with zero attached hydrogens (tertiary/aromatic N) is 3. The van der Waals surface area contributed by atoms with E-state index >= 15 is 0 Å². The summed E-state index contributed by atoms with van der Waals surface area (Å²) in [6.45, 7) is 6.38. The Morgan fingerprint density at radius 2 is 0.827 bits per heavy atom. The first-order chi connectivity index (χ1) is 25.6. The third kappa shape index (κ3) is 7.50. The Bertz CT molecular complexity index is 2410. The lowest BCUT2D eigenvalue weighted by atomic mass is 9.94. The topological polar surface area (TPSA) is 38.1 Å². The van der Waals surface area contributed by atoms with Crippen molar-refractivity contribution in [3.8, 4) is 22.5 Å². The van der Waals surface area contributed by atoms with Crippen molar-refractivity contribution in [1.29, 1.82) is 0 Å². The van der Waals surface area contributed by atoms with E-state index in [9.17, 15) is 0 Å². The lowest BCUT2D eigenvalue weighted by Gasteiger charge is -2.11. The van der Waals surface area contributed by atoms with E-state index in [2.05, 4.69) is 200 Å². The van der Waals surface area contributed by atoms with Crippen LogP contribution in [-0.2, 0) is 6.42 Å². The van der Waals surface area contributed by atoms with Gasteiger partial charge in [0.15, 0.2) is 0 Å². The van der Waals surface area contributed by atoms with E-state index in [1.54, 1.807) is 0 Å². The Hall–Kier alpha value is -6.45. The van der Waals surface area contributed by atoms with Crippen LogP contribution in [0.4, 0.5) is 0 Å². The van der Waals surface area contributed by atoms with Gasteiger partial charge in [-0.05, 0) is 72.4 Å². The van der Waals surface area contributed by atoms with Crippen molar-refractivity contribution in [2.24, 2.45) is 4.99 Å². The van der Waals surface area contributed by atoms with Crippen LogP contribution in [0, 0.1) is 20.8 Å². The van der Waals surface area contributed by atoms with Crippen LogP contribution in [0.2, 0.25) is 0 Å². The molecule has 0 atom stereocenters. The molecule has 8 aromatic rings. The van der Waals surface area contributed by atoms with Crippen molar-refractivity contribution in [1.82, 2.24) is 9.97 Å². The summed E-state index contributed by atoms with van der Waals surface area (Å²) in [5, 5.41) is 4.90. The van der Waals surface area contributed by atoms with Gasteiger partial charge >= 0.3 is 0 Å². The first-order valence-electron chi connectivity index (χ1n) is 17.7. The highest BCUT2D eigenvalue weighted by Gasteiger charge is 2.14. The van der Waals surface area contributed by atoms with Crippen molar-refractivity contribution >= 4 is 27.3 Å². The summed E-state index contributed by atoms with van der Waals surface area (Å²) in [7, 11) is 0. The van der Waals surface area contributed by atoms with Gasteiger partial charge < -0.3 is 0 Å². The predicted octanol–water partition coefficient (Wildman–Crippen LogP) is 12.3. The molecule has 0 aliphatic carbocycles. The number of hydrogen-bond acceptors (Lipinski definition) is 3. The van der Waals surface area contributed by atoms with Crippen LogP contribution >= 0.6 is 0 Å². The standard InChI is InChI=1S/C17H15N.2C16H13N/c1-13-7-2-4-10-15(13)17-16-11-5-3-8-14(16)9-6-12-18-17;2*1-12-6-2-4-8-14(12)16-15-9-5-3-7-13(15)10-11-17-16/h2-8,10-12H,9H2,1H3;2*2-11H,1H3. The number of hydrogen-bond donors (Lipinski definition) is 0. The van der Waals surface area contributed by atoms with Gasteiger partial charge in [0.25, 0.3) is 0 Å². The van der Waals surface area contributed by atoms with Gasteiger partial charge in [-0.15, -0.1) is 0 Å². The van der Waals surface area contributed by atoms with E-state index in [1.807, 2.05) is 18.6 Å². The Labute approximate surface area is 306 Å². The average molecular weight is 672 g/mol. The minimum atomic E-state index is 0.953. The van der Waals surface area contributed by atoms with Crippen LogP contribution in [0.25, 0.3) is 44.1 Å². The predicted molar refractivity (Wildman–Crippen MR) is 220 cm³/mol. The van der Waals surface area contributed by atoms with E-state index in [0.717, 1.165) is 23.5 Å². The third-order valence-electron chi connectivity index (χ3n) is 9.47. The number of pyridine rings is 2. The Morgan fingerprint density at radius 1 is 0.404 bits per heavy atom. The number of benzene rings is 6. The molecule has 2 aromatic heterocycles. The smallest absolute Gasteiger partial charge is 0.0782 e. The van der Waals surface area contributed by atoms with Gasteiger partial charge in [0, 0.05) is 51.6 Å². The summed E-state index contributed by atoms with van der Waals surface area (Å²) in [6, 6.07) is 54.5. The number of fused-ring (bicyclic) bond motifs is 3. The quantitative estimate of drug-likeness (QED) is 0.187. The van der Waals surface area contributed by atoms with Crippen LogP contribution in [0.5, 0.6) is 0 Å². The Morgan fingerprint density at radius 3 is 1.35 bits per heavy atom. The summed E-state index contributed by atoms with van der Waals surface area (Å²) >= 11 is 0. The summed E-state index contributed by atoms with van der Waals surface area (Å²) in [5.74, 6) is 0. The second-order valence-electron chi connectivity index (χ2n) is 12.9. The maximum atomic E-state index is 4.63. The molecule has 3 heterocycles. The molecular formula is C49H41N3. The van der Waals surface area contributed by atoms with Crippen LogP contribution in [0.15, 0.2) is 187 Å². The van der Waals surface area contributed by atoms with Crippen molar-refractivity contribution in [2.45, 2.75) is 27.2 Å². The summed E-state index contributed by atoms with van der Waals surface area (Å²) in [6.07, 6.45) is 8.75. The second-order valence-corrected chi connectivity index (χ2v) is 12.9.